The van der Waals surface area contributed by atoms with Gasteiger partial charge in [-0.1, -0.05) is 36.4 Å². The Bertz CT molecular complexity index is 1380. The van der Waals surface area contributed by atoms with Crippen molar-refractivity contribution >= 4 is 10.8 Å². The monoisotopic (exact) mass is 443 g/mol. The number of ether oxygens (including phenoxy) is 3. The lowest BCUT2D eigenvalue weighted by Crippen LogP contribution is -2.24. The zero-order valence-corrected chi connectivity index (χ0v) is 20.0. The average Bonchev–Trinajstić information content (AvgIpc) is 2.82. The van der Waals surface area contributed by atoms with Crippen LogP contribution in [0, 0.1) is 20.8 Å². The molecule has 1 heterocycles. The van der Waals surface area contributed by atoms with Crippen molar-refractivity contribution in [3.05, 3.63) is 87.3 Å². The number of pyridine rings is 1. The standard InChI is InChI=1S/C28H29NO4/c1-17-10-7-8-12-21(17)26-19(3)29(28(30)22-13-9-11-18(2)25(22)26)16-20-14-23(31-4)27(33-6)24(15-20)32-5/h7-15H,16H2,1-6H3. The average molecular weight is 444 g/mol. The van der Waals surface area contributed by atoms with E-state index in [9.17, 15) is 4.79 Å². The molecule has 0 aliphatic rings. The van der Waals surface area contributed by atoms with Gasteiger partial charge >= 0.3 is 0 Å². The number of methoxy groups -OCH3 is 3. The largest absolute Gasteiger partial charge is 0.493 e. The predicted octanol–water partition coefficient (Wildman–Crippen LogP) is 5.67. The van der Waals surface area contributed by atoms with E-state index in [2.05, 4.69) is 32.0 Å². The van der Waals surface area contributed by atoms with Gasteiger partial charge < -0.3 is 18.8 Å². The van der Waals surface area contributed by atoms with E-state index in [0.29, 0.717) is 29.2 Å². The quantitative estimate of drug-likeness (QED) is 0.385. The minimum absolute atomic E-state index is 0.0164. The van der Waals surface area contributed by atoms with Gasteiger partial charge in [0, 0.05) is 16.6 Å². The molecule has 0 unspecified atom stereocenters. The molecule has 0 radical (unpaired) electrons. The van der Waals surface area contributed by atoms with Crippen molar-refractivity contribution < 1.29 is 14.2 Å². The zero-order valence-electron chi connectivity index (χ0n) is 20.0. The Balaban J connectivity index is 2.01. The Kier molecular flexibility index (Phi) is 6.14. The molecule has 0 atom stereocenters. The molecule has 3 aromatic carbocycles. The highest BCUT2D eigenvalue weighted by Crippen LogP contribution is 2.39. The molecule has 1 aromatic heterocycles. The first-order chi connectivity index (χ1) is 15.9. The van der Waals surface area contributed by atoms with Crippen LogP contribution in [0.4, 0.5) is 0 Å². The third kappa shape index (κ3) is 3.84. The van der Waals surface area contributed by atoms with E-state index >= 15 is 0 Å². The zero-order chi connectivity index (χ0) is 23.7. The van der Waals surface area contributed by atoms with Crippen molar-refractivity contribution in [2.24, 2.45) is 0 Å². The van der Waals surface area contributed by atoms with E-state index in [1.807, 2.05) is 47.9 Å². The fraction of sp³-hybridized carbons (Fsp3) is 0.250. The molecule has 0 saturated carbocycles. The van der Waals surface area contributed by atoms with E-state index < -0.39 is 0 Å². The van der Waals surface area contributed by atoms with Crippen molar-refractivity contribution in [3.63, 3.8) is 0 Å². The molecule has 5 heteroatoms. The third-order valence-electron chi connectivity index (χ3n) is 6.24. The maximum absolute atomic E-state index is 13.7. The number of rotatable bonds is 6. The minimum Gasteiger partial charge on any atom is -0.493 e. The van der Waals surface area contributed by atoms with Crippen LogP contribution in [0.3, 0.4) is 0 Å². The number of nitrogens with zero attached hydrogens (tertiary/aromatic N) is 1. The van der Waals surface area contributed by atoms with Gasteiger partial charge in [-0.15, -0.1) is 0 Å². The fourth-order valence-corrected chi connectivity index (χ4v) is 4.57. The van der Waals surface area contributed by atoms with Crippen LogP contribution in [0.15, 0.2) is 59.4 Å². The van der Waals surface area contributed by atoms with Gasteiger partial charge in [-0.25, -0.2) is 0 Å². The fourth-order valence-electron chi connectivity index (χ4n) is 4.57. The van der Waals surface area contributed by atoms with Crippen molar-refractivity contribution in [1.29, 1.82) is 0 Å². The topological polar surface area (TPSA) is 49.7 Å². The highest BCUT2D eigenvalue weighted by Gasteiger charge is 2.19. The number of hydrogen-bond acceptors (Lipinski definition) is 4. The van der Waals surface area contributed by atoms with Gasteiger partial charge in [-0.05, 0) is 66.6 Å². The van der Waals surface area contributed by atoms with E-state index in [-0.39, 0.29) is 5.56 Å². The van der Waals surface area contributed by atoms with Crippen LogP contribution in [0.5, 0.6) is 17.2 Å². The molecule has 0 spiro atoms. The van der Waals surface area contributed by atoms with Crippen LogP contribution in [-0.2, 0) is 6.54 Å². The van der Waals surface area contributed by atoms with Crippen molar-refractivity contribution in [2.75, 3.05) is 21.3 Å². The van der Waals surface area contributed by atoms with Crippen LogP contribution in [0.1, 0.15) is 22.4 Å². The molecule has 5 nitrogen and oxygen atoms in total. The lowest BCUT2D eigenvalue weighted by Gasteiger charge is -2.21. The van der Waals surface area contributed by atoms with Crippen LogP contribution < -0.4 is 19.8 Å². The maximum atomic E-state index is 13.7. The van der Waals surface area contributed by atoms with E-state index in [1.54, 1.807) is 21.3 Å². The summed E-state index contributed by atoms with van der Waals surface area (Å²) in [5.74, 6) is 1.66. The van der Waals surface area contributed by atoms with Gasteiger partial charge in [-0.2, -0.15) is 0 Å². The summed E-state index contributed by atoms with van der Waals surface area (Å²) in [4.78, 5) is 13.7. The molecule has 4 rings (SSSR count). The number of hydrogen-bond donors (Lipinski definition) is 0. The second kappa shape index (κ2) is 9.02. The van der Waals surface area contributed by atoms with E-state index in [4.69, 9.17) is 14.2 Å². The number of benzene rings is 3. The third-order valence-corrected chi connectivity index (χ3v) is 6.24. The Labute approximate surface area is 194 Å². The smallest absolute Gasteiger partial charge is 0.258 e. The molecule has 4 aromatic rings. The van der Waals surface area contributed by atoms with Crippen LogP contribution in [0.2, 0.25) is 0 Å². The SMILES string of the molecule is COc1cc(Cn2c(C)c(-c3ccccc3C)c3c(C)cccc3c2=O)cc(OC)c1OC. The molecule has 0 bridgehead atoms. The molecule has 33 heavy (non-hydrogen) atoms. The summed E-state index contributed by atoms with van der Waals surface area (Å²) >= 11 is 0. The predicted molar refractivity (Wildman–Crippen MR) is 133 cm³/mol. The Hall–Kier alpha value is -3.73. The van der Waals surface area contributed by atoms with Gasteiger partial charge in [0.1, 0.15) is 0 Å². The second-order valence-corrected chi connectivity index (χ2v) is 8.20. The van der Waals surface area contributed by atoms with E-state index in [1.165, 1.54) is 5.56 Å². The summed E-state index contributed by atoms with van der Waals surface area (Å²) < 4.78 is 18.3. The number of aromatic nitrogens is 1. The Morgan fingerprint density at radius 3 is 2.03 bits per heavy atom. The Morgan fingerprint density at radius 2 is 1.42 bits per heavy atom. The van der Waals surface area contributed by atoms with Gasteiger partial charge in [0.25, 0.3) is 5.56 Å². The van der Waals surface area contributed by atoms with Gasteiger partial charge in [0.05, 0.1) is 27.9 Å². The van der Waals surface area contributed by atoms with Gasteiger partial charge in [-0.3, -0.25) is 4.79 Å². The molecule has 0 aliphatic heterocycles. The Morgan fingerprint density at radius 1 is 0.788 bits per heavy atom. The maximum Gasteiger partial charge on any atom is 0.258 e. The minimum atomic E-state index is -0.0164. The molecule has 0 amide bonds. The molecular formula is C28H29NO4. The van der Waals surface area contributed by atoms with Crippen molar-refractivity contribution in [3.8, 4) is 28.4 Å². The van der Waals surface area contributed by atoms with Gasteiger partial charge in [0.15, 0.2) is 11.5 Å². The molecule has 0 fully saturated rings. The first kappa shape index (κ1) is 22.5. The first-order valence-electron chi connectivity index (χ1n) is 10.9. The lowest BCUT2D eigenvalue weighted by atomic mass is 9.92. The first-order valence-corrected chi connectivity index (χ1v) is 10.9. The second-order valence-electron chi connectivity index (χ2n) is 8.20. The molecule has 170 valence electrons. The summed E-state index contributed by atoms with van der Waals surface area (Å²) in [7, 11) is 4.76. The summed E-state index contributed by atoms with van der Waals surface area (Å²) in [6.45, 7) is 6.57. The summed E-state index contributed by atoms with van der Waals surface area (Å²) in [6, 6.07) is 18.0. The highest BCUT2D eigenvalue weighted by atomic mass is 16.5. The van der Waals surface area contributed by atoms with Crippen LogP contribution >= 0.6 is 0 Å². The van der Waals surface area contributed by atoms with E-state index in [0.717, 1.165) is 33.3 Å². The summed E-state index contributed by atoms with van der Waals surface area (Å²) in [6.07, 6.45) is 0. The highest BCUT2D eigenvalue weighted by molar-refractivity contribution is 6.00. The normalized spacial score (nSPS) is 11.0. The molecule has 0 aliphatic carbocycles. The molecule has 0 N–H and O–H groups in total. The van der Waals surface area contributed by atoms with Gasteiger partial charge in [0.2, 0.25) is 5.75 Å². The number of aryl methyl sites for hydroxylation is 2. The summed E-state index contributed by atoms with van der Waals surface area (Å²) in [5.41, 5.74) is 6.27. The lowest BCUT2D eigenvalue weighted by molar-refractivity contribution is 0.323. The molecular weight excluding hydrogens is 414 g/mol. The summed E-state index contributed by atoms with van der Waals surface area (Å²) in [5, 5.41) is 1.72. The molecule has 0 saturated heterocycles. The van der Waals surface area contributed by atoms with Crippen LogP contribution in [-0.4, -0.2) is 25.9 Å². The van der Waals surface area contributed by atoms with Crippen molar-refractivity contribution in [1.82, 2.24) is 4.57 Å². The van der Waals surface area contributed by atoms with Crippen molar-refractivity contribution in [2.45, 2.75) is 27.3 Å². The van der Waals surface area contributed by atoms with Crippen LogP contribution in [0.25, 0.3) is 21.9 Å². The number of fused-ring (bicyclic) bond motifs is 1.